The molecule has 0 saturated carbocycles. The number of aromatic nitrogens is 1. The third kappa shape index (κ3) is 2.46. The summed E-state index contributed by atoms with van der Waals surface area (Å²) in [7, 11) is 0. The van der Waals surface area contributed by atoms with E-state index >= 15 is 0 Å². The molecule has 3 aromatic rings. The van der Waals surface area contributed by atoms with Crippen molar-refractivity contribution in [2.75, 3.05) is 0 Å². The zero-order valence-electron chi connectivity index (χ0n) is 10.6. The van der Waals surface area contributed by atoms with Crippen molar-refractivity contribution in [3.8, 4) is 11.5 Å². The largest absolute Gasteiger partial charge is 0.455 e. The molecule has 0 aliphatic heterocycles. The van der Waals surface area contributed by atoms with E-state index in [1.807, 2.05) is 36.4 Å². The summed E-state index contributed by atoms with van der Waals surface area (Å²) in [5, 5.41) is 2.28. The van der Waals surface area contributed by atoms with Crippen LogP contribution in [0.4, 0.5) is 0 Å². The minimum Gasteiger partial charge on any atom is -0.455 e. The first-order valence-corrected chi connectivity index (χ1v) is 6.56. The van der Waals surface area contributed by atoms with Gasteiger partial charge in [0, 0.05) is 6.20 Å². The van der Waals surface area contributed by atoms with E-state index in [0.717, 1.165) is 11.1 Å². The number of nitrogens with zero attached hydrogens (tertiary/aromatic N) is 1. The maximum Gasteiger partial charge on any atom is 0.156 e. The molecule has 3 rings (SSSR count). The molecule has 4 heteroatoms. The van der Waals surface area contributed by atoms with Crippen LogP contribution in [0.3, 0.4) is 0 Å². The van der Waals surface area contributed by atoms with Crippen molar-refractivity contribution in [2.45, 2.75) is 0 Å². The lowest BCUT2D eigenvalue weighted by atomic mass is 10.1. The Morgan fingerprint density at radius 2 is 1.80 bits per heavy atom. The molecule has 0 radical (unpaired) electrons. The minimum atomic E-state index is 0.224. The van der Waals surface area contributed by atoms with E-state index in [4.69, 9.17) is 22.7 Å². The highest BCUT2D eigenvalue weighted by Gasteiger charge is 2.08. The Kier molecular flexibility index (Phi) is 3.31. The van der Waals surface area contributed by atoms with Crippen LogP contribution in [0.5, 0.6) is 11.5 Å². The number of benzene rings is 2. The van der Waals surface area contributed by atoms with Gasteiger partial charge in [-0.05, 0) is 35.0 Å². The Balaban J connectivity index is 1.99. The van der Waals surface area contributed by atoms with E-state index in [9.17, 15) is 0 Å². The zero-order valence-corrected chi connectivity index (χ0v) is 11.4. The van der Waals surface area contributed by atoms with Crippen LogP contribution in [-0.2, 0) is 0 Å². The number of rotatable bonds is 3. The van der Waals surface area contributed by atoms with Gasteiger partial charge < -0.3 is 10.5 Å². The van der Waals surface area contributed by atoms with Gasteiger partial charge in [-0.3, -0.25) is 0 Å². The van der Waals surface area contributed by atoms with E-state index in [0.29, 0.717) is 11.4 Å². The first kappa shape index (κ1) is 12.6. The maximum atomic E-state index is 5.85. The fourth-order valence-corrected chi connectivity index (χ4v) is 2.17. The third-order valence-electron chi connectivity index (χ3n) is 2.95. The predicted molar refractivity (Wildman–Crippen MR) is 84.1 cm³/mol. The summed E-state index contributed by atoms with van der Waals surface area (Å²) in [5.41, 5.74) is 6.14. The normalized spacial score (nSPS) is 10.4. The average Bonchev–Trinajstić information content (AvgIpc) is 2.47. The Hall–Kier alpha value is -2.46. The Morgan fingerprint density at radius 3 is 2.60 bits per heavy atom. The van der Waals surface area contributed by atoms with Gasteiger partial charge in [0.2, 0.25) is 0 Å². The summed E-state index contributed by atoms with van der Waals surface area (Å²) < 4.78 is 5.85. The van der Waals surface area contributed by atoms with Crippen molar-refractivity contribution in [3.63, 3.8) is 0 Å². The van der Waals surface area contributed by atoms with E-state index in [1.54, 1.807) is 18.3 Å². The van der Waals surface area contributed by atoms with Crippen LogP contribution >= 0.6 is 12.2 Å². The van der Waals surface area contributed by atoms with Crippen molar-refractivity contribution in [1.29, 1.82) is 0 Å². The Labute approximate surface area is 122 Å². The van der Waals surface area contributed by atoms with E-state index in [-0.39, 0.29) is 4.99 Å². The van der Waals surface area contributed by atoms with E-state index in [2.05, 4.69) is 11.1 Å². The summed E-state index contributed by atoms with van der Waals surface area (Å²) in [6.07, 6.45) is 1.64. The maximum absolute atomic E-state index is 5.85. The summed E-state index contributed by atoms with van der Waals surface area (Å²) in [4.78, 5) is 4.37. The summed E-state index contributed by atoms with van der Waals surface area (Å²) in [5.74, 6) is 1.30. The molecule has 0 amide bonds. The average molecular weight is 280 g/mol. The van der Waals surface area contributed by atoms with Crippen LogP contribution in [-0.4, -0.2) is 9.97 Å². The SMILES string of the molecule is NC(=S)c1ncccc1Oc1ccc2ccccc2c1. The molecule has 3 nitrogen and oxygen atoms in total. The van der Waals surface area contributed by atoms with E-state index < -0.39 is 0 Å². The van der Waals surface area contributed by atoms with Gasteiger partial charge in [-0.25, -0.2) is 4.98 Å². The van der Waals surface area contributed by atoms with Gasteiger partial charge in [-0.2, -0.15) is 0 Å². The highest BCUT2D eigenvalue weighted by Crippen LogP contribution is 2.27. The number of thiocarbonyl (C=S) groups is 1. The molecule has 0 atom stereocenters. The molecule has 2 N–H and O–H groups in total. The highest BCUT2D eigenvalue weighted by molar-refractivity contribution is 7.80. The standard InChI is InChI=1S/C16H12N2OS/c17-16(20)15-14(6-3-9-18-15)19-13-8-7-11-4-1-2-5-12(11)10-13/h1-10H,(H2,17,20). The first-order valence-electron chi connectivity index (χ1n) is 6.15. The van der Waals surface area contributed by atoms with Gasteiger partial charge in [0.05, 0.1) is 0 Å². The predicted octanol–water partition coefficient (Wildman–Crippen LogP) is 3.66. The van der Waals surface area contributed by atoms with Gasteiger partial charge in [0.25, 0.3) is 0 Å². The third-order valence-corrected chi connectivity index (χ3v) is 3.15. The summed E-state index contributed by atoms with van der Waals surface area (Å²) in [6.45, 7) is 0. The molecule has 1 aromatic heterocycles. The van der Waals surface area contributed by atoms with Gasteiger partial charge in [0.1, 0.15) is 16.4 Å². The number of nitrogens with two attached hydrogens (primary N) is 1. The molecule has 0 unspecified atom stereocenters. The molecule has 0 saturated heterocycles. The second-order valence-electron chi connectivity index (χ2n) is 4.33. The van der Waals surface area contributed by atoms with Crippen molar-refractivity contribution in [2.24, 2.45) is 5.73 Å². The van der Waals surface area contributed by atoms with Gasteiger partial charge in [-0.1, -0.05) is 42.5 Å². The van der Waals surface area contributed by atoms with Crippen molar-refractivity contribution >= 4 is 28.0 Å². The van der Waals surface area contributed by atoms with Crippen LogP contribution in [0.25, 0.3) is 10.8 Å². The number of pyridine rings is 1. The van der Waals surface area contributed by atoms with Gasteiger partial charge in [-0.15, -0.1) is 0 Å². The lowest BCUT2D eigenvalue weighted by Crippen LogP contribution is -2.12. The number of hydrogen-bond donors (Lipinski definition) is 1. The van der Waals surface area contributed by atoms with Crippen LogP contribution in [0.1, 0.15) is 5.69 Å². The van der Waals surface area contributed by atoms with Crippen molar-refractivity contribution < 1.29 is 4.74 Å². The molecule has 2 aromatic carbocycles. The monoisotopic (exact) mass is 280 g/mol. The first-order chi connectivity index (χ1) is 9.74. The molecule has 98 valence electrons. The number of ether oxygens (including phenoxy) is 1. The summed E-state index contributed by atoms with van der Waals surface area (Å²) >= 11 is 4.98. The Bertz CT molecular complexity index is 786. The quantitative estimate of drug-likeness (QED) is 0.744. The highest BCUT2D eigenvalue weighted by atomic mass is 32.1. The molecule has 0 aliphatic rings. The molecule has 1 heterocycles. The van der Waals surface area contributed by atoms with Crippen LogP contribution in [0.15, 0.2) is 60.8 Å². The number of hydrogen-bond acceptors (Lipinski definition) is 3. The molecular formula is C16H12N2OS. The molecule has 0 aliphatic carbocycles. The lowest BCUT2D eigenvalue weighted by Gasteiger charge is -2.09. The smallest absolute Gasteiger partial charge is 0.156 e. The van der Waals surface area contributed by atoms with Crippen molar-refractivity contribution in [3.05, 3.63) is 66.5 Å². The molecule has 20 heavy (non-hydrogen) atoms. The zero-order chi connectivity index (χ0) is 13.9. The van der Waals surface area contributed by atoms with Gasteiger partial charge >= 0.3 is 0 Å². The summed E-state index contributed by atoms with van der Waals surface area (Å²) in [6, 6.07) is 17.6. The molecule has 0 fully saturated rings. The van der Waals surface area contributed by atoms with Crippen LogP contribution in [0, 0.1) is 0 Å². The minimum absolute atomic E-state index is 0.224. The Morgan fingerprint density at radius 1 is 1.00 bits per heavy atom. The fourth-order valence-electron chi connectivity index (χ4n) is 2.02. The fraction of sp³-hybridized carbons (Fsp3) is 0. The second-order valence-corrected chi connectivity index (χ2v) is 4.77. The molecular weight excluding hydrogens is 268 g/mol. The van der Waals surface area contributed by atoms with Gasteiger partial charge in [0.15, 0.2) is 5.75 Å². The van der Waals surface area contributed by atoms with E-state index in [1.165, 1.54) is 5.39 Å². The molecule has 0 spiro atoms. The number of fused-ring (bicyclic) bond motifs is 1. The van der Waals surface area contributed by atoms with Crippen molar-refractivity contribution in [1.82, 2.24) is 4.98 Å². The van der Waals surface area contributed by atoms with Crippen LogP contribution in [0.2, 0.25) is 0 Å². The second kappa shape index (κ2) is 5.27. The van der Waals surface area contributed by atoms with Crippen LogP contribution < -0.4 is 10.5 Å². The lowest BCUT2D eigenvalue weighted by molar-refractivity contribution is 0.480. The topological polar surface area (TPSA) is 48.1 Å². The molecule has 0 bridgehead atoms.